The highest BCUT2D eigenvalue weighted by Crippen LogP contribution is 1.93. The molecule has 0 aromatic rings. The molecule has 7 heavy (non-hydrogen) atoms. The minimum atomic E-state index is 0.407. The molecule has 0 fully saturated rings. The summed E-state index contributed by atoms with van der Waals surface area (Å²) in [4.78, 5) is 0. The molecule has 0 bridgehead atoms. The summed E-state index contributed by atoms with van der Waals surface area (Å²) >= 11 is 0. The second-order valence-corrected chi connectivity index (χ2v) is 1.48. The Morgan fingerprint density at radius 2 is 2.29 bits per heavy atom. The van der Waals surface area contributed by atoms with Gasteiger partial charge >= 0.3 is 0 Å². The summed E-state index contributed by atoms with van der Waals surface area (Å²) in [5.74, 6) is 0.407. The van der Waals surface area contributed by atoms with Gasteiger partial charge in [-0.15, -0.1) is 6.58 Å². The third kappa shape index (κ3) is 3.10. The predicted molar refractivity (Wildman–Crippen MR) is 32.7 cm³/mol. The van der Waals surface area contributed by atoms with Crippen LogP contribution in [0.25, 0.3) is 0 Å². The number of hydrogen-bond donors (Lipinski definition) is 1. The zero-order chi connectivity index (χ0) is 5.70. The summed E-state index contributed by atoms with van der Waals surface area (Å²) in [5, 5.41) is 0. The van der Waals surface area contributed by atoms with E-state index >= 15 is 0 Å². The van der Waals surface area contributed by atoms with Crippen molar-refractivity contribution in [3.8, 4) is 0 Å². The van der Waals surface area contributed by atoms with Gasteiger partial charge in [0.05, 0.1) is 0 Å². The first-order valence-corrected chi connectivity index (χ1v) is 2.32. The SMILES string of the molecule is C=CC(C)/C=C\N. The molecule has 0 aromatic carbocycles. The molecule has 0 amide bonds. The summed E-state index contributed by atoms with van der Waals surface area (Å²) in [6.45, 7) is 5.60. The van der Waals surface area contributed by atoms with Crippen LogP contribution >= 0.6 is 0 Å². The van der Waals surface area contributed by atoms with Crippen LogP contribution in [0.2, 0.25) is 0 Å². The Kier molecular flexibility index (Phi) is 3.11. The summed E-state index contributed by atoms with van der Waals surface area (Å²) in [6.07, 6.45) is 5.25. The molecule has 0 heterocycles. The Hall–Kier alpha value is -0.720. The zero-order valence-electron chi connectivity index (χ0n) is 4.59. The molecular formula is C6H11N. The van der Waals surface area contributed by atoms with Crippen molar-refractivity contribution < 1.29 is 0 Å². The van der Waals surface area contributed by atoms with Crippen molar-refractivity contribution in [2.24, 2.45) is 11.7 Å². The molecule has 0 saturated carbocycles. The molecule has 40 valence electrons. The molecule has 0 aliphatic carbocycles. The van der Waals surface area contributed by atoms with Gasteiger partial charge in [0.15, 0.2) is 0 Å². The van der Waals surface area contributed by atoms with Gasteiger partial charge < -0.3 is 5.73 Å². The molecule has 0 saturated heterocycles. The normalized spacial score (nSPS) is 14.4. The van der Waals surface area contributed by atoms with Crippen LogP contribution in [-0.4, -0.2) is 0 Å². The fourth-order valence-electron chi connectivity index (χ4n) is 0.254. The number of hydrogen-bond acceptors (Lipinski definition) is 1. The van der Waals surface area contributed by atoms with E-state index in [-0.39, 0.29) is 0 Å². The van der Waals surface area contributed by atoms with E-state index in [1.165, 1.54) is 6.20 Å². The molecule has 1 nitrogen and oxygen atoms in total. The van der Waals surface area contributed by atoms with Gasteiger partial charge in [-0.3, -0.25) is 0 Å². The summed E-state index contributed by atoms with van der Waals surface area (Å²) in [7, 11) is 0. The minimum absolute atomic E-state index is 0.407. The third-order valence-electron chi connectivity index (χ3n) is 0.786. The quantitative estimate of drug-likeness (QED) is 0.516. The highest BCUT2D eigenvalue weighted by molar-refractivity contribution is 4.91. The molecule has 0 aliphatic rings. The van der Waals surface area contributed by atoms with E-state index in [4.69, 9.17) is 5.73 Å². The van der Waals surface area contributed by atoms with Gasteiger partial charge in [-0.05, 0) is 12.1 Å². The molecule has 1 unspecified atom stereocenters. The number of allylic oxidation sites excluding steroid dienone is 2. The standard InChI is InChI=1S/C6H11N/c1-3-6(2)4-5-7/h3-6H,1,7H2,2H3/b5-4-. The fraction of sp³-hybridized carbons (Fsp3) is 0.333. The van der Waals surface area contributed by atoms with Crippen molar-refractivity contribution >= 4 is 0 Å². The average Bonchev–Trinajstić information content (AvgIpc) is 1.68. The molecule has 0 rings (SSSR count). The van der Waals surface area contributed by atoms with Gasteiger partial charge in [-0.25, -0.2) is 0 Å². The van der Waals surface area contributed by atoms with Crippen LogP contribution < -0.4 is 5.73 Å². The van der Waals surface area contributed by atoms with Crippen LogP contribution in [0, 0.1) is 5.92 Å². The van der Waals surface area contributed by atoms with Gasteiger partial charge in [0.25, 0.3) is 0 Å². The zero-order valence-corrected chi connectivity index (χ0v) is 4.59. The van der Waals surface area contributed by atoms with Gasteiger partial charge in [0, 0.05) is 0 Å². The molecule has 1 atom stereocenters. The van der Waals surface area contributed by atoms with E-state index in [9.17, 15) is 0 Å². The highest BCUT2D eigenvalue weighted by atomic mass is 14.5. The van der Waals surface area contributed by atoms with E-state index in [2.05, 4.69) is 6.58 Å². The van der Waals surface area contributed by atoms with Crippen molar-refractivity contribution in [3.05, 3.63) is 24.9 Å². The second-order valence-electron chi connectivity index (χ2n) is 1.48. The summed E-state index contributed by atoms with van der Waals surface area (Å²) in [6, 6.07) is 0. The first kappa shape index (κ1) is 6.28. The molecular weight excluding hydrogens is 86.1 g/mol. The maximum atomic E-state index is 5.08. The van der Waals surface area contributed by atoms with E-state index < -0.39 is 0 Å². The van der Waals surface area contributed by atoms with Crippen LogP contribution in [0.1, 0.15) is 6.92 Å². The van der Waals surface area contributed by atoms with Crippen molar-refractivity contribution in [1.29, 1.82) is 0 Å². The average molecular weight is 97.2 g/mol. The van der Waals surface area contributed by atoms with Crippen LogP contribution in [0.3, 0.4) is 0 Å². The lowest BCUT2D eigenvalue weighted by atomic mass is 10.2. The van der Waals surface area contributed by atoms with Crippen molar-refractivity contribution in [2.75, 3.05) is 0 Å². The summed E-state index contributed by atoms with van der Waals surface area (Å²) < 4.78 is 0. The molecule has 0 radical (unpaired) electrons. The molecule has 0 aromatic heterocycles. The first-order valence-electron chi connectivity index (χ1n) is 2.32. The number of nitrogens with two attached hydrogens (primary N) is 1. The van der Waals surface area contributed by atoms with Gasteiger partial charge in [-0.1, -0.05) is 19.1 Å². The lowest BCUT2D eigenvalue weighted by molar-refractivity contribution is 0.940. The Labute approximate surface area is 44.5 Å². The van der Waals surface area contributed by atoms with E-state index in [0.717, 1.165) is 0 Å². The summed E-state index contributed by atoms with van der Waals surface area (Å²) in [5.41, 5.74) is 5.08. The highest BCUT2D eigenvalue weighted by Gasteiger charge is 1.81. The topological polar surface area (TPSA) is 26.0 Å². The van der Waals surface area contributed by atoms with Gasteiger partial charge in [-0.2, -0.15) is 0 Å². The molecule has 0 aliphatic heterocycles. The van der Waals surface area contributed by atoms with Gasteiger partial charge in [0.2, 0.25) is 0 Å². The third-order valence-corrected chi connectivity index (χ3v) is 0.786. The Balaban J connectivity index is 3.35. The minimum Gasteiger partial charge on any atom is -0.405 e. The van der Waals surface area contributed by atoms with E-state index in [1.54, 1.807) is 0 Å². The van der Waals surface area contributed by atoms with Crippen LogP contribution in [-0.2, 0) is 0 Å². The van der Waals surface area contributed by atoms with E-state index in [1.807, 2.05) is 19.1 Å². The largest absolute Gasteiger partial charge is 0.405 e. The Morgan fingerprint density at radius 3 is 2.43 bits per heavy atom. The molecule has 1 heteroatoms. The fourth-order valence-corrected chi connectivity index (χ4v) is 0.254. The van der Waals surface area contributed by atoms with Gasteiger partial charge in [0.1, 0.15) is 0 Å². The maximum Gasteiger partial charge on any atom is -0.00674 e. The molecule has 2 N–H and O–H groups in total. The first-order chi connectivity index (χ1) is 3.31. The molecule has 0 spiro atoms. The van der Waals surface area contributed by atoms with Crippen molar-refractivity contribution in [1.82, 2.24) is 0 Å². The Bertz CT molecular complexity index is 74.2. The van der Waals surface area contributed by atoms with Crippen LogP contribution in [0.15, 0.2) is 24.9 Å². The lowest BCUT2D eigenvalue weighted by Crippen LogP contribution is -1.83. The monoisotopic (exact) mass is 97.1 g/mol. The van der Waals surface area contributed by atoms with Crippen LogP contribution in [0.4, 0.5) is 0 Å². The van der Waals surface area contributed by atoms with Crippen LogP contribution in [0.5, 0.6) is 0 Å². The maximum absolute atomic E-state index is 5.08. The van der Waals surface area contributed by atoms with Crippen molar-refractivity contribution in [3.63, 3.8) is 0 Å². The van der Waals surface area contributed by atoms with E-state index in [0.29, 0.717) is 5.92 Å². The van der Waals surface area contributed by atoms with Crippen molar-refractivity contribution in [2.45, 2.75) is 6.92 Å². The lowest BCUT2D eigenvalue weighted by Gasteiger charge is -1.90. The Morgan fingerprint density at radius 1 is 1.71 bits per heavy atom. The predicted octanol–water partition coefficient (Wildman–Crippen LogP) is 1.28. The second kappa shape index (κ2) is 3.47. The smallest absolute Gasteiger partial charge is 0.00674 e. The number of rotatable bonds is 2.